The van der Waals surface area contributed by atoms with Gasteiger partial charge in [0.1, 0.15) is 0 Å². The quantitative estimate of drug-likeness (QED) is 0.671. The molecule has 104 valence electrons. The van der Waals surface area contributed by atoms with Crippen molar-refractivity contribution < 1.29 is 14.6 Å². The largest absolute Gasteiger partial charge is 0.394 e. The van der Waals surface area contributed by atoms with Crippen molar-refractivity contribution in [3.05, 3.63) is 0 Å². The lowest BCUT2D eigenvalue weighted by molar-refractivity contribution is -0.130. The Balaban J connectivity index is 1.89. The van der Waals surface area contributed by atoms with Crippen LogP contribution in [0.3, 0.4) is 0 Å². The molecule has 1 heterocycles. The van der Waals surface area contributed by atoms with Crippen LogP contribution in [0.4, 0.5) is 0 Å². The van der Waals surface area contributed by atoms with Gasteiger partial charge in [-0.1, -0.05) is 0 Å². The minimum absolute atomic E-state index is 0.00562. The van der Waals surface area contributed by atoms with Crippen molar-refractivity contribution in [2.24, 2.45) is 11.7 Å². The number of carbonyl (C=O) groups is 1. The van der Waals surface area contributed by atoms with E-state index < -0.39 is 5.54 Å². The smallest absolute Gasteiger partial charge is 0.223 e. The van der Waals surface area contributed by atoms with Crippen LogP contribution in [0.5, 0.6) is 0 Å². The SMILES string of the molecule is NC1CCC(C(=O)NC2(CO)CCOCC2)CC1. The van der Waals surface area contributed by atoms with Crippen molar-refractivity contribution >= 4 is 5.91 Å². The first-order valence-electron chi connectivity index (χ1n) is 6.91. The zero-order valence-corrected chi connectivity index (χ0v) is 10.9. The lowest BCUT2D eigenvalue weighted by atomic mass is 9.84. The van der Waals surface area contributed by atoms with Gasteiger partial charge in [-0.15, -0.1) is 0 Å². The summed E-state index contributed by atoms with van der Waals surface area (Å²) in [5, 5.41) is 12.6. The Kier molecular flexibility index (Phi) is 4.59. The van der Waals surface area contributed by atoms with E-state index in [9.17, 15) is 9.90 Å². The van der Waals surface area contributed by atoms with Crippen molar-refractivity contribution in [2.75, 3.05) is 19.8 Å². The zero-order valence-electron chi connectivity index (χ0n) is 10.9. The van der Waals surface area contributed by atoms with Gasteiger partial charge < -0.3 is 20.9 Å². The van der Waals surface area contributed by atoms with Crippen LogP contribution < -0.4 is 11.1 Å². The molecule has 1 aliphatic carbocycles. The Hall–Kier alpha value is -0.650. The van der Waals surface area contributed by atoms with Gasteiger partial charge in [0.2, 0.25) is 5.91 Å². The van der Waals surface area contributed by atoms with Crippen molar-refractivity contribution in [1.82, 2.24) is 5.32 Å². The second-order valence-electron chi connectivity index (χ2n) is 5.65. The number of nitrogens with one attached hydrogen (secondary N) is 1. The van der Waals surface area contributed by atoms with Crippen molar-refractivity contribution in [1.29, 1.82) is 0 Å². The van der Waals surface area contributed by atoms with Crippen molar-refractivity contribution in [3.63, 3.8) is 0 Å². The van der Waals surface area contributed by atoms with Crippen LogP contribution in [-0.4, -0.2) is 42.4 Å². The van der Waals surface area contributed by atoms with Gasteiger partial charge in [-0.2, -0.15) is 0 Å². The van der Waals surface area contributed by atoms with E-state index in [-0.39, 0.29) is 24.5 Å². The Morgan fingerprint density at radius 2 is 1.89 bits per heavy atom. The highest BCUT2D eigenvalue weighted by atomic mass is 16.5. The number of rotatable bonds is 3. The summed E-state index contributed by atoms with van der Waals surface area (Å²) in [6.45, 7) is 1.21. The van der Waals surface area contributed by atoms with Gasteiger partial charge in [-0.3, -0.25) is 4.79 Å². The Morgan fingerprint density at radius 1 is 1.28 bits per heavy atom. The number of carbonyl (C=O) groups excluding carboxylic acids is 1. The van der Waals surface area contributed by atoms with Crippen molar-refractivity contribution in [3.8, 4) is 0 Å². The van der Waals surface area contributed by atoms with E-state index in [1.807, 2.05) is 0 Å². The molecular weight excluding hydrogens is 232 g/mol. The molecule has 1 saturated carbocycles. The average molecular weight is 256 g/mol. The third-order valence-electron chi connectivity index (χ3n) is 4.28. The van der Waals surface area contributed by atoms with Crippen LogP contribution >= 0.6 is 0 Å². The normalized spacial score (nSPS) is 31.9. The third-order valence-corrected chi connectivity index (χ3v) is 4.28. The number of hydrogen-bond acceptors (Lipinski definition) is 4. The second kappa shape index (κ2) is 5.99. The molecule has 5 heteroatoms. The molecular formula is C13H24N2O3. The maximum Gasteiger partial charge on any atom is 0.223 e. The maximum absolute atomic E-state index is 12.2. The topological polar surface area (TPSA) is 84.6 Å². The molecule has 0 unspecified atom stereocenters. The molecule has 0 aromatic carbocycles. The highest BCUT2D eigenvalue weighted by molar-refractivity contribution is 5.79. The highest BCUT2D eigenvalue weighted by Gasteiger charge is 2.36. The summed E-state index contributed by atoms with van der Waals surface area (Å²) < 4.78 is 5.29. The first-order valence-corrected chi connectivity index (χ1v) is 6.91. The first kappa shape index (κ1) is 13.8. The predicted octanol–water partition coefficient (Wildman–Crippen LogP) is 0.162. The average Bonchev–Trinajstić information content (AvgIpc) is 2.40. The number of nitrogens with two attached hydrogens (primary N) is 1. The van der Waals surface area contributed by atoms with E-state index in [4.69, 9.17) is 10.5 Å². The number of hydrogen-bond donors (Lipinski definition) is 3. The fourth-order valence-corrected chi connectivity index (χ4v) is 2.83. The summed E-state index contributed by atoms with van der Waals surface area (Å²) in [5.74, 6) is 0.147. The molecule has 5 nitrogen and oxygen atoms in total. The number of amides is 1. The van der Waals surface area contributed by atoms with Crippen LogP contribution in [0.1, 0.15) is 38.5 Å². The first-order chi connectivity index (χ1) is 8.65. The zero-order chi connectivity index (χ0) is 13.0. The van der Waals surface area contributed by atoms with E-state index >= 15 is 0 Å². The number of ether oxygens (including phenoxy) is 1. The number of aliphatic hydroxyl groups excluding tert-OH is 1. The molecule has 18 heavy (non-hydrogen) atoms. The molecule has 0 bridgehead atoms. The van der Waals surface area contributed by atoms with Crippen LogP contribution in [0.15, 0.2) is 0 Å². The number of aliphatic hydroxyl groups is 1. The van der Waals surface area contributed by atoms with E-state index in [2.05, 4.69) is 5.32 Å². The summed E-state index contributed by atoms with van der Waals surface area (Å²) in [5.41, 5.74) is 5.38. The minimum Gasteiger partial charge on any atom is -0.394 e. The molecule has 1 amide bonds. The van der Waals surface area contributed by atoms with Gasteiger partial charge in [0.25, 0.3) is 0 Å². The van der Waals surface area contributed by atoms with Gasteiger partial charge >= 0.3 is 0 Å². The molecule has 2 fully saturated rings. The van der Waals surface area contributed by atoms with Crippen molar-refractivity contribution in [2.45, 2.75) is 50.1 Å². The molecule has 0 spiro atoms. The van der Waals surface area contributed by atoms with Gasteiger partial charge in [0.15, 0.2) is 0 Å². The summed E-state index contributed by atoms with van der Waals surface area (Å²) in [4.78, 5) is 12.2. The molecule has 0 aromatic heterocycles. The van der Waals surface area contributed by atoms with E-state index in [1.54, 1.807) is 0 Å². The van der Waals surface area contributed by atoms with Gasteiger partial charge in [-0.05, 0) is 38.5 Å². The minimum atomic E-state index is -0.463. The molecule has 4 N–H and O–H groups in total. The van der Waals surface area contributed by atoms with Gasteiger partial charge in [0.05, 0.1) is 12.1 Å². The Labute approximate surface area is 108 Å². The molecule has 0 radical (unpaired) electrons. The molecule has 0 atom stereocenters. The Bertz CT molecular complexity index is 282. The molecule has 1 aliphatic heterocycles. The molecule has 2 aliphatic rings. The maximum atomic E-state index is 12.2. The Morgan fingerprint density at radius 3 is 2.44 bits per heavy atom. The van der Waals surface area contributed by atoms with Crippen LogP contribution in [-0.2, 0) is 9.53 Å². The summed E-state index contributed by atoms with van der Waals surface area (Å²) in [6.07, 6.45) is 4.97. The van der Waals surface area contributed by atoms with E-state index in [1.165, 1.54) is 0 Å². The predicted molar refractivity (Wildman–Crippen MR) is 67.9 cm³/mol. The van der Waals surface area contributed by atoms with Crippen LogP contribution in [0, 0.1) is 5.92 Å². The fourth-order valence-electron chi connectivity index (χ4n) is 2.83. The summed E-state index contributed by atoms with van der Waals surface area (Å²) in [6, 6.07) is 0.254. The standard InChI is InChI=1S/C13H24N2O3/c14-11-3-1-10(2-4-11)12(17)15-13(9-16)5-7-18-8-6-13/h10-11,16H,1-9,14H2,(H,15,17). The molecule has 1 saturated heterocycles. The lowest BCUT2D eigenvalue weighted by Gasteiger charge is -2.38. The van der Waals surface area contributed by atoms with Crippen LogP contribution in [0.2, 0.25) is 0 Å². The van der Waals surface area contributed by atoms with Gasteiger partial charge in [-0.25, -0.2) is 0 Å². The fraction of sp³-hybridized carbons (Fsp3) is 0.923. The van der Waals surface area contributed by atoms with Gasteiger partial charge in [0, 0.05) is 25.2 Å². The second-order valence-corrected chi connectivity index (χ2v) is 5.65. The summed E-state index contributed by atoms with van der Waals surface area (Å²) in [7, 11) is 0. The monoisotopic (exact) mass is 256 g/mol. The molecule has 2 rings (SSSR count). The third kappa shape index (κ3) is 3.22. The van der Waals surface area contributed by atoms with E-state index in [0.717, 1.165) is 25.7 Å². The van der Waals surface area contributed by atoms with E-state index in [0.29, 0.717) is 26.1 Å². The summed E-state index contributed by atoms with van der Waals surface area (Å²) >= 11 is 0. The lowest BCUT2D eigenvalue weighted by Crippen LogP contribution is -2.56. The molecule has 0 aromatic rings. The highest BCUT2D eigenvalue weighted by Crippen LogP contribution is 2.26. The van der Waals surface area contributed by atoms with Crippen LogP contribution in [0.25, 0.3) is 0 Å².